The number of nitrogens with one attached hydrogen (secondary N) is 1. The van der Waals surface area contributed by atoms with E-state index in [1.54, 1.807) is 61.7 Å². The summed E-state index contributed by atoms with van der Waals surface area (Å²) >= 11 is 0. The Bertz CT molecular complexity index is 2300. The van der Waals surface area contributed by atoms with E-state index in [-0.39, 0.29) is 56.5 Å². The molecule has 2 aromatic heterocycles. The predicted molar refractivity (Wildman–Crippen MR) is 220 cm³/mol. The van der Waals surface area contributed by atoms with E-state index >= 15 is 17.6 Å². The summed E-state index contributed by atoms with van der Waals surface area (Å²) in [6.07, 6.45) is -3.95. The fourth-order valence-electron chi connectivity index (χ4n) is 8.91. The first-order chi connectivity index (χ1) is 29.3. The summed E-state index contributed by atoms with van der Waals surface area (Å²) in [5.41, 5.74) is 6.80. The molecule has 5 heterocycles. The van der Waals surface area contributed by atoms with Crippen LogP contribution in [0.25, 0.3) is 0 Å². The summed E-state index contributed by atoms with van der Waals surface area (Å²) in [5.74, 6) is 0.841. The largest absolute Gasteiger partial charge is 0.497 e. The Labute approximate surface area is 351 Å². The Kier molecular flexibility index (Phi) is 11.9. The fourth-order valence-corrected chi connectivity index (χ4v) is 8.91. The highest BCUT2D eigenvalue weighted by atomic mass is 19.4. The molecule has 0 amide bonds. The average molecular weight is 846 g/mol. The molecule has 322 valence electrons. The van der Waals surface area contributed by atoms with Gasteiger partial charge in [0, 0.05) is 61.9 Å². The Morgan fingerprint density at radius 3 is 2.33 bits per heavy atom. The number of halogens is 5. The third kappa shape index (κ3) is 8.87. The highest BCUT2D eigenvalue weighted by molar-refractivity contribution is 5.59. The van der Waals surface area contributed by atoms with E-state index in [1.807, 2.05) is 24.3 Å². The summed E-state index contributed by atoms with van der Waals surface area (Å²) in [4.78, 5) is 17.4. The summed E-state index contributed by atoms with van der Waals surface area (Å²) in [6.45, 7) is 2.87. The van der Waals surface area contributed by atoms with Gasteiger partial charge in [-0.1, -0.05) is 30.3 Å². The number of rotatable bonds is 14. The van der Waals surface area contributed by atoms with Gasteiger partial charge in [0.1, 0.15) is 35.9 Å². The normalized spacial score (nSPS) is 19.9. The molecule has 3 aliphatic rings. The lowest BCUT2D eigenvalue weighted by Crippen LogP contribution is -2.43. The van der Waals surface area contributed by atoms with Gasteiger partial charge in [0.05, 0.1) is 49.4 Å². The number of nitrogens with two attached hydrogens (primary N) is 1. The maximum absolute atomic E-state index is 17.5. The van der Waals surface area contributed by atoms with Gasteiger partial charge in [-0.05, 0) is 79.4 Å². The van der Waals surface area contributed by atoms with E-state index in [0.29, 0.717) is 52.9 Å². The van der Waals surface area contributed by atoms with Crippen LogP contribution in [0.15, 0.2) is 72.9 Å². The molecule has 1 unspecified atom stereocenters. The molecule has 0 radical (unpaired) electrons. The summed E-state index contributed by atoms with van der Waals surface area (Å²) in [7, 11) is 3.10. The lowest BCUT2D eigenvalue weighted by molar-refractivity contribution is -0.140. The van der Waals surface area contributed by atoms with Crippen LogP contribution >= 0.6 is 0 Å². The van der Waals surface area contributed by atoms with Crippen LogP contribution in [-0.2, 0) is 43.6 Å². The molecule has 2 saturated heterocycles. The molecule has 8 rings (SSSR count). The first kappa shape index (κ1) is 42.0. The molecule has 3 aromatic carbocycles. The molecule has 3 aliphatic heterocycles. The minimum atomic E-state index is -4.92. The van der Waals surface area contributed by atoms with Crippen molar-refractivity contribution in [1.82, 2.24) is 19.9 Å². The minimum Gasteiger partial charge on any atom is -0.497 e. The monoisotopic (exact) mass is 845 g/mol. The second-order valence-corrected chi connectivity index (χ2v) is 15.9. The van der Waals surface area contributed by atoms with Crippen molar-refractivity contribution in [2.75, 3.05) is 49.9 Å². The molecule has 0 spiro atoms. The lowest BCUT2D eigenvalue weighted by atomic mass is 9.90. The van der Waals surface area contributed by atoms with Crippen molar-refractivity contribution >= 4 is 17.3 Å². The maximum Gasteiger partial charge on any atom is 0.417 e. The fraction of sp³-hybridized carbons (Fsp3) is 0.400. The molecular formula is C45H48F5N7O4. The van der Waals surface area contributed by atoms with E-state index in [4.69, 9.17) is 29.7 Å². The molecule has 3 atom stereocenters. The highest BCUT2D eigenvalue weighted by Gasteiger charge is 2.49. The molecule has 0 aliphatic carbocycles. The number of methoxy groups -OCH3 is 2. The number of benzene rings is 3. The van der Waals surface area contributed by atoms with E-state index < -0.39 is 40.9 Å². The van der Waals surface area contributed by atoms with Crippen LogP contribution in [0.4, 0.5) is 39.3 Å². The molecule has 0 saturated carbocycles. The Hall–Kier alpha value is -5.74. The topological polar surface area (TPSA) is 120 Å². The van der Waals surface area contributed by atoms with E-state index in [2.05, 4.69) is 20.2 Å². The molecule has 5 aromatic rings. The van der Waals surface area contributed by atoms with Gasteiger partial charge in [-0.3, -0.25) is 4.90 Å². The molecule has 2 fully saturated rings. The molecule has 61 heavy (non-hydrogen) atoms. The van der Waals surface area contributed by atoms with Gasteiger partial charge in [0.2, 0.25) is 0 Å². The van der Waals surface area contributed by atoms with Crippen molar-refractivity contribution in [3.05, 3.63) is 123 Å². The van der Waals surface area contributed by atoms with Crippen LogP contribution in [0.2, 0.25) is 0 Å². The zero-order valence-corrected chi connectivity index (χ0v) is 34.2. The standard InChI is InChI=1S/C45H48F5N7O4/c1-27-18-36(56(22-28-7-11-32(58-2)12-8-28)23-29-9-13-33(59-3)14-10-29)40(47)38(39(27)45(48,49)50)37-19-35-34(25-60-37)42(53-21-30-6-4-16-52-41(30)51)55-43(54-35)61-26-44-15-5-17-57(44)24-31(46)20-44/h4,6-14,16,18,31,37H,5,15,17,19-26H2,1-3H3,(H2,51,52)(H,53,54,55)/t31-,37?,44+/m1/s1. The Balaban J connectivity index is 1.17. The van der Waals surface area contributed by atoms with Crippen molar-refractivity contribution in [2.24, 2.45) is 0 Å². The smallest absolute Gasteiger partial charge is 0.417 e. The number of pyridine rings is 1. The number of nitrogen functional groups attached to an aromatic ring is 1. The van der Waals surface area contributed by atoms with Crippen molar-refractivity contribution in [2.45, 2.75) is 82.8 Å². The third-order valence-corrected chi connectivity index (χ3v) is 12.0. The number of aromatic nitrogens is 3. The van der Waals surface area contributed by atoms with Crippen molar-refractivity contribution in [3.63, 3.8) is 0 Å². The van der Waals surface area contributed by atoms with E-state index in [9.17, 15) is 4.39 Å². The third-order valence-electron chi connectivity index (χ3n) is 12.0. The van der Waals surface area contributed by atoms with Gasteiger partial charge >= 0.3 is 12.2 Å². The van der Waals surface area contributed by atoms with Crippen molar-refractivity contribution in [3.8, 4) is 17.5 Å². The highest BCUT2D eigenvalue weighted by Crippen LogP contribution is 2.46. The van der Waals surface area contributed by atoms with Gasteiger partial charge in [-0.2, -0.15) is 23.1 Å². The van der Waals surface area contributed by atoms with Gasteiger partial charge in [-0.25, -0.2) is 13.8 Å². The molecular weight excluding hydrogens is 798 g/mol. The quantitative estimate of drug-likeness (QED) is 0.105. The molecule has 11 nitrogen and oxygen atoms in total. The number of anilines is 3. The second-order valence-electron chi connectivity index (χ2n) is 15.9. The van der Waals surface area contributed by atoms with Crippen LogP contribution < -0.4 is 30.2 Å². The number of nitrogens with zero attached hydrogens (tertiary/aromatic N) is 5. The number of hydrogen-bond donors (Lipinski definition) is 2. The second kappa shape index (κ2) is 17.3. The Morgan fingerprint density at radius 2 is 1.69 bits per heavy atom. The minimum absolute atomic E-state index is 0.0206. The number of fused-ring (bicyclic) bond motifs is 2. The summed E-state index contributed by atoms with van der Waals surface area (Å²) < 4.78 is 101. The van der Waals surface area contributed by atoms with Crippen LogP contribution in [0.5, 0.6) is 17.5 Å². The van der Waals surface area contributed by atoms with Gasteiger partial charge in [-0.15, -0.1) is 0 Å². The first-order valence-corrected chi connectivity index (χ1v) is 20.2. The number of aryl methyl sites for hydroxylation is 1. The number of hydrogen-bond acceptors (Lipinski definition) is 11. The summed E-state index contributed by atoms with van der Waals surface area (Å²) in [5, 5.41) is 3.27. The van der Waals surface area contributed by atoms with Crippen LogP contribution in [0.1, 0.15) is 70.0 Å². The summed E-state index contributed by atoms with van der Waals surface area (Å²) in [6, 6.07) is 19.2. The SMILES string of the molecule is COc1ccc(CN(Cc2ccc(OC)cc2)c2cc(C)c(C(F)(F)F)c(C3Cc4nc(OC[C@@]56CCCN5C[C@H](F)C6)nc(NCc5cccnc5N)c4CO3)c2F)cc1. The number of alkyl halides is 4. The molecule has 3 N–H and O–H groups in total. The zero-order valence-electron chi connectivity index (χ0n) is 34.2. The maximum atomic E-state index is 17.5. The van der Waals surface area contributed by atoms with E-state index in [0.717, 1.165) is 30.5 Å². The average Bonchev–Trinajstić information content (AvgIpc) is 3.78. The lowest BCUT2D eigenvalue weighted by Gasteiger charge is -2.33. The van der Waals surface area contributed by atoms with Gasteiger partial charge < -0.3 is 34.9 Å². The molecule has 0 bridgehead atoms. The van der Waals surface area contributed by atoms with Crippen molar-refractivity contribution < 1.29 is 40.9 Å². The molecule has 16 heteroatoms. The number of ether oxygens (including phenoxy) is 4. The van der Waals surface area contributed by atoms with Gasteiger partial charge in [0.15, 0.2) is 5.82 Å². The zero-order chi connectivity index (χ0) is 42.9. The van der Waals surface area contributed by atoms with E-state index in [1.165, 1.54) is 13.0 Å². The van der Waals surface area contributed by atoms with Gasteiger partial charge in [0.25, 0.3) is 0 Å². The van der Waals surface area contributed by atoms with Crippen LogP contribution in [-0.4, -0.2) is 65.5 Å². The predicted octanol–water partition coefficient (Wildman–Crippen LogP) is 8.53. The van der Waals surface area contributed by atoms with Crippen molar-refractivity contribution in [1.29, 1.82) is 0 Å². The van der Waals surface area contributed by atoms with Crippen LogP contribution in [0, 0.1) is 12.7 Å². The Morgan fingerprint density at radius 1 is 1.00 bits per heavy atom. The van der Waals surface area contributed by atoms with Crippen LogP contribution in [0.3, 0.4) is 0 Å². The first-order valence-electron chi connectivity index (χ1n) is 20.2.